The van der Waals surface area contributed by atoms with Crippen LogP contribution in [0.15, 0.2) is 91.1 Å². The number of ether oxygens (including phenoxy) is 2. The lowest BCUT2D eigenvalue weighted by atomic mass is 9.94. The highest BCUT2D eigenvalue weighted by Crippen LogP contribution is 2.29. The number of ketones is 1. The molecule has 4 amide bonds. The summed E-state index contributed by atoms with van der Waals surface area (Å²) in [5, 5.41) is 8.98. The molecule has 12 heteroatoms. The molecule has 1 aromatic heterocycles. The number of benzene rings is 3. The van der Waals surface area contributed by atoms with E-state index in [9.17, 15) is 24.0 Å². The van der Waals surface area contributed by atoms with E-state index in [1.165, 1.54) is 0 Å². The van der Waals surface area contributed by atoms with Crippen molar-refractivity contribution in [1.29, 1.82) is 0 Å². The summed E-state index contributed by atoms with van der Waals surface area (Å²) in [6.45, 7) is 1.88. The fourth-order valence-electron chi connectivity index (χ4n) is 5.41. The highest BCUT2D eigenvalue weighted by Gasteiger charge is 2.50. The molecule has 0 spiro atoms. The number of nitrogens with one attached hydrogen (secondary N) is 4. The highest BCUT2D eigenvalue weighted by atomic mass is 16.6. The molecule has 0 radical (unpaired) electrons. The average Bonchev–Trinajstić information content (AvgIpc) is 3.72. The van der Waals surface area contributed by atoms with Gasteiger partial charge in [0.2, 0.25) is 17.7 Å². The molecule has 0 bridgehead atoms. The van der Waals surface area contributed by atoms with E-state index in [0.717, 1.165) is 27.6 Å². The molecule has 4 aromatic rings. The first-order chi connectivity index (χ1) is 23.1. The van der Waals surface area contributed by atoms with Crippen LogP contribution in [0.1, 0.15) is 36.5 Å². The molecule has 1 aliphatic rings. The Morgan fingerprint density at radius 1 is 0.812 bits per heavy atom. The molecule has 1 saturated heterocycles. The predicted molar refractivity (Wildman–Crippen MR) is 177 cm³/mol. The van der Waals surface area contributed by atoms with E-state index < -0.39 is 47.5 Å². The first kappa shape index (κ1) is 33.9. The van der Waals surface area contributed by atoms with Gasteiger partial charge in [-0.25, -0.2) is 4.79 Å². The van der Waals surface area contributed by atoms with Crippen LogP contribution in [0.3, 0.4) is 0 Å². The highest BCUT2D eigenvalue weighted by molar-refractivity contribution is 5.99. The van der Waals surface area contributed by atoms with Gasteiger partial charge in [-0.2, -0.15) is 0 Å². The molecular weight excluding hydrogens is 614 g/mol. The molecule has 250 valence electrons. The summed E-state index contributed by atoms with van der Waals surface area (Å²) in [5.41, 5.74) is 7.52. The molecule has 6 N–H and O–H groups in total. The number of nitrogens with two attached hydrogens (primary N) is 1. The van der Waals surface area contributed by atoms with Crippen molar-refractivity contribution in [3.8, 4) is 0 Å². The van der Waals surface area contributed by atoms with Gasteiger partial charge in [0.15, 0.2) is 5.78 Å². The number of primary amides is 1. The predicted octanol–water partition coefficient (Wildman–Crippen LogP) is 2.84. The topological polar surface area (TPSA) is 185 Å². The third kappa shape index (κ3) is 9.07. The molecule has 1 aliphatic heterocycles. The van der Waals surface area contributed by atoms with Gasteiger partial charge in [-0.3, -0.25) is 19.2 Å². The van der Waals surface area contributed by atoms with E-state index in [2.05, 4.69) is 20.9 Å². The molecule has 2 heterocycles. The summed E-state index contributed by atoms with van der Waals surface area (Å²) in [7, 11) is 0. The number of aromatic nitrogens is 1. The van der Waals surface area contributed by atoms with Crippen molar-refractivity contribution in [2.75, 3.05) is 6.61 Å². The quantitative estimate of drug-likeness (QED) is 0.115. The second-order valence-electron chi connectivity index (χ2n) is 12.0. The van der Waals surface area contributed by atoms with Crippen LogP contribution in [0.4, 0.5) is 4.79 Å². The number of carbonyl (C=O) groups is 5. The maximum Gasteiger partial charge on any atom is 0.408 e. The summed E-state index contributed by atoms with van der Waals surface area (Å²) in [6, 6.07) is 22.4. The third-order valence-corrected chi connectivity index (χ3v) is 8.25. The van der Waals surface area contributed by atoms with Crippen molar-refractivity contribution in [1.82, 2.24) is 20.9 Å². The van der Waals surface area contributed by atoms with Crippen LogP contribution >= 0.6 is 0 Å². The molecule has 0 aliphatic carbocycles. The van der Waals surface area contributed by atoms with E-state index in [1.54, 1.807) is 37.4 Å². The minimum absolute atomic E-state index is 0.0398. The van der Waals surface area contributed by atoms with Gasteiger partial charge in [-0.15, -0.1) is 0 Å². The number of para-hydroxylation sites is 1. The Balaban J connectivity index is 1.36. The maximum absolute atomic E-state index is 14.0. The number of rotatable bonds is 16. The monoisotopic (exact) mass is 653 g/mol. The van der Waals surface area contributed by atoms with Gasteiger partial charge in [-0.1, -0.05) is 78.9 Å². The molecule has 5 rings (SSSR count). The second-order valence-corrected chi connectivity index (χ2v) is 12.0. The lowest BCUT2D eigenvalue weighted by Gasteiger charge is -2.26. The summed E-state index contributed by atoms with van der Waals surface area (Å²) in [6.07, 6.45) is 0.812. The van der Waals surface area contributed by atoms with Crippen LogP contribution < -0.4 is 21.7 Å². The van der Waals surface area contributed by atoms with Gasteiger partial charge in [0.25, 0.3) is 0 Å². The molecule has 0 saturated carbocycles. The zero-order valence-corrected chi connectivity index (χ0v) is 26.6. The number of alkyl carbamates (subject to hydrolysis) is 1. The summed E-state index contributed by atoms with van der Waals surface area (Å²) in [4.78, 5) is 68.9. The Morgan fingerprint density at radius 2 is 1.42 bits per heavy atom. The van der Waals surface area contributed by atoms with Crippen LogP contribution in [0.2, 0.25) is 0 Å². The molecule has 4 unspecified atom stereocenters. The van der Waals surface area contributed by atoms with E-state index in [0.29, 0.717) is 0 Å². The fourth-order valence-corrected chi connectivity index (χ4v) is 5.41. The van der Waals surface area contributed by atoms with Gasteiger partial charge in [0.1, 0.15) is 24.3 Å². The number of hydrogen-bond donors (Lipinski definition) is 5. The lowest BCUT2D eigenvalue weighted by Crippen LogP contribution is -2.57. The van der Waals surface area contributed by atoms with Gasteiger partial charge < -0.3 is 36.1 Å². The zero-order chi connectivity index (χ0) is 34.1. The minimum Gasteiger partial charge on any atom is -0.445 e. The number of carbonyl (C=O) groups excluding carboxylic acids is 5. The van der Waals surface area contributed by atoms with E-state index in [4.69, 9.17) is 15.2 Å². The van der Waals surface area contributed by atoms with Crippen LogP contribution in [0.25, 0.3) is 10.9 Å². The fraction of sp³-hybridized carbons (Fsp3) is 0.306. The summed E-state index contributed by atoms with van der Waals surface area (Å²) in [5.74, 6) is -2.28. The molecular formula is C36H39N5O7. The first-order valence-corrected chi connectivity index (χ1v) is 15.7. The molecule has 3 aromatic carbocycles. The standard InChI is InChI=1S/C36H39N5O7/c1-36(22-48-36)32(43)29(18-23-10-4-2-5-11-23)39-34(45)30(19-25-20-38-27-15-9-8-14-26(25)27)40-33(44)28(16-17-31(37)42)41-35(46)47-21-24-12-6-3-7-13-24/h2-15,20,28-30,38H,16-19,21-22H2,1H3,(H2,37,42)(H,39,45)(H,40,44)(H,41,46). The zero-order valence-electron chi connectivity index (χ0n) is 26.6. The Hall–Kier alpha value is -5.49. The Morgan fingerprint density at radius 3 is 2.08 bits per heavy atom. The normalized spacial score (nSPS) is 17.0. The summed E-state index contributed by atoms with van der Waals surface area (Å²) >= 11 is 0. The van der Waals surface area contributed by atoms with Gasteiger partial charge in [-0.05, 0) is 42.5 Å². The van der Waals surface area contributed by atoms with Crippen LogP contribution in [-0.4, -0.2) is 64.9 Å². The first-order valence-electron chi connectivity index (χ1n) is 15.7. The van der Waals surface area contributed by atoms with Crippen molar-refractivity contribution in [2.24, 2.45) is 5.73 Å². The maximum atomic E-state index is 14.0. The summed E-state index contributed by atoms with van der Waals surface area (Å²) < 4.78 is 10.7. The van der Waals surface area contributed by atoms with Crippen molar-refractivity contribution >= 4 is 40.5 Å². The van der Waals surface area contributed by atoms with Crippen molar-refractivity contribution in [3.05, 3.63) is 108 Å². The second kappa shape index (κ2) is 15.4. The van der Waals surface area contributed by atoms with E-state index in [1.807, 2.05) is 60.7 Å². The Labute approximate surface area is 277 Å². The number of Topliss-reactive ketones (excluding diaryl/α,β-unsaturated/α-hetero) is 1. The number of hydrogen-bond acceptors (Lipinski definition) is 7. The number of fused-ring (bicyclic) bond motifs is 1. The number of H-pyrrole nitrogens is 1. The van der Waals surface area contributed by atoms with Gasteiger partial charge in [0.05, 0.1) is 12.6 Å². The molecule has 4 atom stereocenters. The van der Waals surface area contributed by atoms with Crippen LogP contribution in [0.5, 0.6) is 0 Å². The Bertz CT molecular complexity index is 1750. The van der Waals surface area contributed by atoms with Crippen LogP contribution in [0, 0.1) is 0 Å². The third-order valence-electron chi connectivity index (χ3n) is 8.25. The smallest absolute Gasteiger partial charge is 0.408 e. The van der Waals surface area contributed by atoms with Gasteiger partial charge in [0, 0.05) is 29.9 Å². The Kier molecular flexibility index (Phi) is 10.9. The van der Waals surface area contributed by atoms with Crippen molar-refractivity contribution < 1.29 is 33.4 Å². The van der Waals surface area contributed by atoms with Crippen LogP contribution in [-0.2, 0) is 48.1 Å². The van der Waals surface area contributed by atoms with Crippen molar-refractivity contribution in [3.63, 3.8) is 0 Å². The van der Waals surface area contributed by atoms with E-state index >= 15 is 0 Å². The average molecular weight is 654 g/mol. The largest absolute Gasteiger partial charge is 0.445 e. The number of amides is 4. The lowest BCUT2D eigenvalue weighted by molar-refractivity contribution is -0.133. The molecule has 48 heavy (non-hydrogen) atoms. The molecule has 12 nitrogen and oxygen atoms in total. The van der Waals surface area contributed by atoms with Crippen molar-refractivity contribution in [2.45, 2.75) is 62.9 Å². The minimum atomic E-state index is -1.25. The van der Waals surface area contributed by atoms with Gasteiger partial charge >= 0.3 is 6.09 Å². The van der Waals surface area contributed by atoms with E-state index in [-0.39, 0.29) is 44.7 Å². The number of epoxide rings is 1. The number of aromatic amines is 1. The molecule has 1 fully saturated rings. The SMILES string of the molecule is CC1(C(=O)C(Cc2ccccc2)NC(=O)C(Cc2c[nH]c3ccccc23)NC(=O)C(CCC(N)=O)NC(=O)OCc2ccccc2)CO1.